The zero-order chi connectivity index (χ0) is 43.2. The molecule has 0 N–H and O–H groups in total. The van der Waals surface area contributed by atoms with Crippen molar-refractivity contribution in [3.05, 3.63) is 174 Å². The Kier molecular flexibility index (Phi) is 7.78. The highest BCUT2D eigenvalue weighted by Gasteiger charge is 2.47. The van der Waals surface area contributed by atoms with Crippen LogP contribution in [0.4, 0.5) is 28.4 Å². The molecule has 2 aliphatic heterocycles. The maximum Gasteiger partial charge on any atom is 0.333 e. The zero-order valence-corrected chi connectivity index (χ0v) is 37.6. The van der Waals surface area contributed by atoms with E-state index in [9.17, 15) is 0 Å². The Morgan fingerprint density at radius 2 is 1.19 bits per heavy atom. The van der Waals surface area contributed by atoms with Gasteiger partial charge in [-0.05, 0) is 116 Å². The van der Waals surface area contributed by atoms with Crippen LogP contribution in [0.25, 0.3) is 76.2 Å². The normalized spacial score (nSPS) is 13.7. The fourth-order valence-electron chi connectivity index (χ4n) is 10.6. The second-order valence-electron chi connectivity index (χ2n) is 19.7. The van der Waals surface area contributed by atoms with Crippen molar-refractivity contribution in [2.24, 2.45) is 0 Å². The second kappa shape index (κ2) is 13.3. The lowest BCUT2D eigenvalue weighted by molar-refractivity contribution is 0.590. The molecule has 0 fully saturated rings. The lowest BCUT2D eigenvalue weighted by Crippen LogP contribution is -2.61. The van der Waals surface area contributed by atoms with Gasteiger partial charge in [-0.3, -0.25) is 0 Å². The number of rotatable bonds is 3. The first kappa shape index (κ1) is 37.5. The predicted octanol–water partition coefficient (Wildman–Crippen LogP) is 15.7. The monoisotopic (exact) mass is 844 g/mol. The summed E-state index contributed by atoms with van der Waals surface area (Å²) in [5.41, 5.74) is 18.9. The molecule has 3 aromatic heterocycles. The van der Waals surface area contributed by atoms with Crippen molar-refractivity contribution in [1.29, 1.82) is 0 Å². The van der Waals surface area contributed by atoms with Gasteiger partial charge in [-0.25, -0.2) is 0 Å². The molecule has 0 radical (unpaired) electrons. The van der Waals surface area contributed by atoms with E-state index in [1.165, 1.54) is 49.0 Å². The van der Waals surface area contributed by atoms with Crippen LogP contribution < -0.4 is 20.6 Å². The molecule has 0 aliphatic carbocycles. The third-order valence-corrected chi connectivity index (χ3v) is 14.7. The maximum absolute atomic E-state index is 7.13. The Bertz CT molecular complexity index is 3710. The molecule has 0 saturated carbocycles. The molecule has 64 heavy (non-hydrogen) atoms. The minimum atomic E-state index is -0.204. The second-order valence-corrected chi connectivity index (χ2v) is 20.7. The van der Waals surface area contributed by atoms with E-state index in [0.29, 0.717) is 0 Å². The molecule has 2 aliphatic rings. The number of fused-ring (bicyclic) bond motifs is 12. The van der Waals surface area contributed by atoms with Crippen LogP contribution in [0.2, 0.25) is 0 Å². The van der Waals surface area contributed by atoms with E-state index in [-0.39, 0.29) is 17.7 Å². The molecular weight excluding hydrogens is 800 g/mol. The fraction of sp³-hybridized carbons (Fsp3) is 0.138. The molecule has 0 saturated heterocycles. The van der Waals surface area contributed by atoms with Gasteiger partial charge in [0.05, 0.1) is 5.69 Å². The van der Waals surface area contributed by atoms with Gasteiger partial charge in [0.15, 0.2) is 0 Å². The third kappa shape index (κ3) is 5.42. The van der Waals surface area contributed by atoms with Crippen molar-refractivity contribution in [2.45, 2.75) is 52.4 Å². The van der Waals surface area contributed by atoms with Crippen LogP contribution in [0.5, 0.6) is 0 Å². The number of thiophene rings is 1. The van der Waals surface area contributed by atoms with Crippen LogP contribution in [0.1, 0.15) is 52.7 Å². The number of hydrogen-bond donors (Lipinski definition) is 0. The molecule has 0 atom stereocenters. The van der Waals surface area contributed by atoms with Gasteiger partial charge in [0.1, 0.15) is 22.3 Å². The van der Waals surface area contributed by atoms with Gasteiger partial charge in [0, 0.05) is 71.8 Å². The molecule has 0 bridgehead atoms. The third-order valence-electron chi connectivity index (χ3n) is 13.8. The van der Waals surface area contributed by atoms with Crippen molar-refractivity contribution in [3.63, 3.8) is 0 Å². The van der Waals surface area contributed by atoms with E-state index >= 15 is 0 Å². The van der Waals surface area contributed by atoms with E-state index in [1.807, 2.05) is 0 Å². The molecule has 13 rings (SSSR count). The Balaban J connectivity index is 1.22. The van der Waals surface area contributed by atoms with Gasteiger partial charge >= 0.3 is 6.85 Å². The van der Waals surface area contributed by atoms with Crippen LogP contribution in [-0.2, 0) is 10.8 Å². The largest absolute Gasteiger partial charge is 0.456 e. The molecular formula is C58H45BN2O2S. The van der Waals surface area contributed by atoms with Gasteiger partial charge < -0.3 is 18.5 Å². The number of benzene rings is 8. The first-order valence-electron chi connectivity index (χ1n) is 22.3. The number of furan rings is 2. The van der Waals surface area contributed by atoms with E-state index in [4.69, 9.17) is 8.83 Å². The summed E-state index contributed by atoms with van der Waals surface area (Å²) in [4.78, 5) is 5.17. The predicted molar refractivity (Wildman–Crippen MR) is 273 cm³/mol. The lowest BCUT2D eigenvalue weighted by Gasteiger charge is -2.46. The van der Waals surface area contributed by atoms with Crippen molar-refractivity contribution >= 4 is 112 Å². The summed E-state index contributed by atoms with van der Waals surface area (Å²) in [7, 11) is 0. The summed E-state index contributed by atoms with van der Waals surface area (Å²) in [6.07, 6.45) is 0. The van der Waals surface area contributed by atoms with Crippen molar-refractivity contribution in [3.8, 4) is 22.3 Å². The Morgan fingerprint density at radius 1 is 0.500 bits per heavy atom. The SMILES string of the molecule is CC(C)(C)c1ccc(N2B3c4cc5sccc5cc4N(c4ccc(C(C)(C)C)cc4-c4ccccc4)c4cc5c(oc6ccccc65)c(c43)-c3cc4c(cc32)oc2ccccc24)cc1. The van der Waals surface area contributed by atoms with Gasteiger partial charge in [-0.15, -0.1) is 11.3 Å². The quantitative estimate of drug-likeness (QED) is 0.166. The summed E-state index contributed by atoms with van der Waals surface area (Å²) >= 11 is 1.80. The average molecular weight is 845 g/mol. The molecule has 308 valence electrons. The van der Waals surface area contributed by atoms with Crippen molar-refractivity contribution in [1.82, 2.24) is 0 Å². The van der Waals surface area contributed by atoms with Crippen LogP contribution in [-0.4, -0.2) is 6.85 Å². The molecule has 0 amide bonds. The van der Waals surface area contributed by atoms with Gasteiger partial charge in [0.25, 0.3) is 0 Å². The lowest BCUT2D eigenvalue weighted by atomic mass is 9.43. The summed E-state index contributed by atoms with van der Waals surface area (Å²) in [6, 6.07) is 58.6. The minimum Gasteiger partial charge on any atom is -0.456 e. The summed E-state index contributed by atoms with van der Waals surface area (Å²) in [6.45, 7) is 13.6. The molecule has 11 aromatic rings. The van der Waals surface area contributed by atoms with E-state index in [2.05, 4.69) is 214 Å². The highest BCUT2D eigenvalue weighted by Crippen LogP contribution is 2.53. The number of nitrogens with zero attached hydrogens (tertiary/aromatic N) is 2. The van der Waals surface area contributed by atoms with Crippen molar-refractivity contribution < 1.29 is 8.83 Å². The van der Waals surface area contributed by atoms with Gasteiger partial charge in [-0.2, -0.15) is 0 Å². The number of anilines is 5. The highest BCUT2D eigenvalue weighted by atomic mass is 32.1. The summed E-state index contributed by atoms with van der Waals surface area (Å²) in [5, 5.41) is 7.87. The smallest absolute Gasteiger partial charge is 0.333 e. The van der Waals surface area contributed by atoms with Crippen LogP contribution in [0.15, 0.2) is 172 Å². The van der Waals surface area contributed by atoms with E-state index < -0.39 is 0 Å². The number of hydrogen-bond acceptors (Lipinski definition) is 5. The first-order valence-corrected chi connectivity index (χ1v) is 23.2. The fourth-order valence-corrected chi connectivity index (χ4v) is 11.4. The topological polar surface area (TPSA) is 32.8 Å². The van der Waals surface area contributed by atoms with E-state index in [1.54, 1.807) is 11.3 Å². The highest BCUT2D eigenvalue weighted by molar-refractivity contribution is 7.17. The maximum atomic E-state index is 7.13. The molecule has 8 aromatic carbocycles. The summed E-state index contributed by atoms with van der Waals surface area (Å²) in [5.74, 6) is 0. The molecule has 6 heteroatoms. The Morgan fingerprint density at radius 3 is 1.94 bits per heavy atom. The standard InChI is InChI=1S/C58H45BN2O2S/c1-57(2,3)36-20-23-38(24-21-36)61-47-33-52-42(39-16-10-12-18-50(39)62-52)30-44(47)54-55-49(31-43-40-17-11-13-19-51(40)63-56(43)54)60(48-28-35-26-27-64-53(35)32-45(48)59(55)61)46-25-22-37(58(4,5)6)29-41(46)34-14-8-7-9-15-34/h7-33H,1-6H3. The molecule has 5 heterocycles. The Hall–Kier alpha value is -7.02. The average Bonchev–Trinajstić information content (AvgIpc) is 4.02. The van der Waals surface area contributed by atoms with Crippen LogP contribution >= 0.6 is 11.3 Å². The molecule has 4 nitrogen and oxygen atoms in total. The number of para-hydroxylation sites is 2. The summed E-state index contributed by atoms with van der Waals surface area (Å²) < 4.78 is 15.1. The van der Waals surface area contributed by atoms with E-state index in [0.717, 1.165) is 77.8 Å². The first-order chi connectivity index (χ1) is 31.0. The van der Waals surface area contributed by atoms with Crippen LogP contribution in [0, 0.1) is 0 Å². The Labute approximate surface area is 377 Å². The van der Waals surface area contributed by atoms with Crippen molar-refractivity contribution in [2.75, 3.05) is 9.71 Å². The minimum absolute atomic E-state index is 0.00710. The van der Waals surface area contributed by atoms with Crippen LogP contribution in [0.3, 0.4) is 0 Å². The zero-order valence-electron chi connectivity index (χ0n) is 36.8. The molecule has 0 unspecified atom stereocenters. The van der Waals surface area contributed by atoms with Gasteiger partial charge in [-0.1, -0.05) is 126 Å². The molecule has 0 spiro atoms. The van der Waals surface area contributed by atoms with Gasteiger partial charge in [0.2, 0.25) is 0 Å².